The first-order valence-electron chi connectivity index (χ1n) is 4.96. The highest BCUT2D eigenvalue weighted by Gasteiger charge is 2.08. The number of nitrogens with zero attached hydrogens (tertiary/aromatic N) is 3. The molecule has 0 fully saturated rings. The quantitative estimate of drug-likeness (QED) is 0.442. The van der Waals surface area contributed by atoms with Gasteiger partial charge in [0.2, 0.25) is 11.8 Å². The van der Waals surface area contributed by atoms with E-state index in [0.717, 1.165) is 0 Å². The molecule has 0 bridgehead atoms. The third-order valence-electron chi connectivity index (χ3n) is 2.02. The van der Waals surface area contributed by atoms with E-state index in [2.05, 4.69) is 25.7 Å². The van der Waals surface area contributed by atoms with Crippen molar-refractivity contribution in [2.24, 2.45) is 5.10 Å². The molecule has 0 unspecified atom stereocenters. The minimum absolute atomic E-state index is 0.0233. The SMILES string of the molecule is Nc1n[nH]c(C(=O)NN=Cc2ccccc2O)n1. The number of nitrogens with two attached hydrogens (primary N) is 1. The molecule has 0 aliphatic carbocycles. The van der Waals surface area contributed by atoms with Crippen molar-refractivity contribution in [2.75, 3.05) is 5.73 Å². The molecule has 1 aromatic carbocycles. The monoisotopic (exact) mass is 246 g/mol. The van der Waals surface area contributed by atoms with Crippen molar-refractivity contribution in [3.05, 3.63) is 35.7 Å². The topological polar surface area (TPSA) is 129 Å². The summed E-state index contributed by atoms with van der Waals surface area (Å²) in [6, 6.07) is 6.58. The Hall–Kier alpha value is -2.90. The van der Waals surface area contributed by atoms with E-state index in [1.165, 1.54) is 12.3 Å². The van der Waals surface area contributed by atoms with Crippen molar-refractivity contribution >= 4 is 18.1 Å². The summed E-state index contributed by atoms with van der Waals surface area (Å²) in [5.41, 5.74) is 7.95. The first-order chi connectivity index (χ1) is 8.66. The second kappa shape index (κ2) is 4.95. The van der Waals surface area contributed by atoms with E-state index < -0.39 is 5.91 Å². The van der Waals surface area contributed by atoms with E-state index >= 15 is 0 Å². The zero-order valence-corrected chi connectivity index (χ0v) is 9.16. The number of nitrogen functional groups attached to an aromatic ring is 1. The van der Waals surface area contributed by atoms with Crippen LogP contribution in [0.5, 0.6) is 5.75 Å². The third-order valence-corrected chi connectivity index (χ3v) is 2.02. The van der Waals surface area contributed by atoms with Gasteiger partial charge in [0.15, 0.2) is 0 Å². The van der Waals surface area contributed by atoms with Crippen LogP contribution in [0, 0.1) is 0 Å². The lowest BCUT2D eigenvalue weighted by molar-refractivity contribution is 0.0945. The Morgan fingerprint density at radius 2 is 2.28 bits per heavy atom. The van der Waals surface area contributed by atoms with Crippen LogP contribution in [0.4, 0.5) is 5.95 Å². The lowest BCUT2D eigenvalue weighted by Gasteiger charge is -1.97. The van der Waals surface area contributed by atoms with Gasteiger partial charge in [-0.05, 0) is 12.1 Å². The first-order valence-corrected chi connectivity index (χ1v) is 4.96. The molecule has 2 aromatic rings. The van der Waals surface area contributed by atoms with Gasteiger partial charge in [-0.15, -0.1) is 5.10 Å². The van der Waals surface area contributed by atoms with Crippen LogP contribution >= 0.6 is 0 Å². The second-order valence-electron chi connectivity index (χ2n) is 3.30. The van der Waals surface area contributed by atoms with Gasteiger partial charge in [0.1, 0.15) is 5.75 Å². The Balaban J connectivity index is 2.00. The van der Waals surface area contributed by atoms with Crippen LogP contribution in [0.2, 0.25) is 0 Å². The summed E-state index contributed by atoms with van der Waals surface area (Å²) in [6.45, 7) is 0. The number of hydrazone groups is 1. The predicted molar refractivity (Wildman–Crippen MR) is 64.0 cm³/mol. The molecule has 1 amide bonds. The summed E-state index contributed by atoms with van der Waals surface area (Å²) in [5.74, 6) is -0.572. The van der Waals surface area contributed by atoms with Gasteiger partial charge >= 0.3 is 5.91 Å². The molecule has 92 valence electrons. The molecule has 5 N–H and O–H groups in total. The molecule has 1 aromatic heterocycles. The maximum Gasteiger partial charge on any atom is 0.308 e. The van der Waals surface area contributed by atoms with Crippen molar-refractivity contribution in [1.82, 2.24) is 20.6 Å². The minimum atomic E-state index is -0.578. The largest absolute Gasteiger partial charge is 0.507 e. The van der Waals surface area contributed by atoms with Crippen molar-refractivity contribution < 1.29 is 9.90 Å². The van der Waals surface area contributed by atoms with Gasteiger partial charge in [0.25, 0.3) is 0 Å². The van der Waals surface area contributed by atoms with Gasteiger partial charge in [-0.1, -0.05) is 12.1 Å². The number of aromatic amines is 1. The van der Waals surface area contributed by atoms with Crippen LogP contribution < -0.4 is 11.2 Å². The van der Waals surface area contributed by atoms with Crippen LogP contribution in [0.3, 0.4) is 0 Å². The van der Waals surface area contributed by atoms with E-state index in [-0.39, 0.29) is 17.5 Å². The molecule has 0 radical (unpaired) electrons. The van der Waals surface area contributed by atoms with E-state index in [1.807, 2.05) is 0 Å². The fourth-order valence-corrected chi connectivity index (χ4v) is 1.19. The first kappa shape index (κ1) is 11.6. The third kappa shape index (κ3) is 2.61. The van der Waals surface area contributed by atoms with Gasteiger partial charge in [-0.2, -0.15) is 10.1 Å². The number of amides is 1. The molecule has 18 heavy (non-hydrogen) atoms. The van der Waals surface area contributed by atoms with Gasteiger partial charge < -0.3 is 10.8 Å². The van der Waals surface area contributed by atoms with Gasteiger partial charge in [0, 0.05) is 5.56 Å². The molecule has 1 heterocycles. The second-order valence-corrected chi connectivity index (χ2v) is 3.30. The lowest BCUT2D eigenvalue weighted by Crippen LogP contribution is -2.19. The lowest BCUT2D eigenvalue weighted by atomic mass is 10.2. The number of para-hydroxylation sites is 1. The number of aromatic hydroxyl groups is 1. The maximum absolute atomic E-state index is 11.5. The van der Waals surface area contributed by atoms with Crippen LogP contribution in [-0.2, 0) is 0 Å². The Morgan fingerprint density at radius 3 is 2.94 bits per heavy atom. The number of carbonyl (C=O) groups excluding carboxylic acids is 1. The number of phenols is 1. The molecular weight excluding hydrogens is 236 g/mol. The highest BCUT2D eigenvalue weighted by molar-refractivity contribution is 5.92. The minimum Gasteiger partial charge on any atom is -0.507 e. The number of hydrogen-bond donors (Lipinski definition) is 4. The Morgan fingerprint density at radius 1 is 1.50 bits per heavy atom. The number of H-pyrrole nitrogens is 1. The summed E-state index contributed by atoms with van der Waals surface area (Å²) in [4.78, 5) is 15.1. The number of anilines is 1. The molecular formula is C10H10N6O2. The molecule has 2 rings (SSSR count). The highest BCUT2D eigenvalue weighted by Crippen LogP contribution is 2.12. The number of aromatic nitrogens is 3. The molecule has 8 nitrogen and oxygen atoms in total. The van der Waals surface area contributed by atoms with Crippen molar-refractivity contribution in [3.63, 3.8) is 0 Å². The summed E-state index contributed by atoms with van der Waals surface area (Å²) in [5, 5.41) is 19.0. The molecule has 0 spiro atoms. The summed E-state index contributed by atoms with van der Waals surface area (Å²) in [7, 11) is 0. The fourth-order valence-electron chi connectivity index (χ4n) is 1.19. The van der Waals surface area contributed by atoms with Crippen LogP contribution in [-0.4, -0.2) is 32.4 Å². The van der Waals surface area contributed by atoms with Gasteiger partial charge in [-0.25, -0.2) is 5.43 Å². The zero-order chi connectivity index (χ0) is 13.0. The Bertz CT molecular complexity index is 592. The zero-order valence-electron chi connectivity index (χ0n) is 9.16. The normalized spacial score (nSPS) is 10.7. The number of nitrogens with one attached hydrogen (secondary N) is 2. The van der Waals surface area contributed by atoms with Crippen LogP contribution in [0.15, 0.2) is 29.4 Å². The standard InChI is InChI=1S/C10H10N6O2/c11-10-13-8(14-16-10)9(18)15-12-5-6-3-1-2-4-7(6)17/h1-5,17H,(H,15,18)(H3,11,13,14,16). The van der Waals surface area contributed by atoms with Crippen molar-refractivity contribution in [2.45, 2.75) is 0 Å². The van der Waals surface area contributed by atoms with Crippen LogP contribution in [0.25, 0.3) is 0 Å². The maximum atomic E-state index is 11.5. The van der Waals surface area contributed by atoms with Gasteiger partial charge in [0.05, 0.1) is 6.21 Å². The smallest absolute Gasteiger partial charge is 0.308 e. The van der Waals surface area contributed by atoms with E-state index in [1.54, 1.807) is 18.2 Å². The number of benzene rings is 1. The number of rotatable bonds is 3. The molecule has 0 saturated heterocycles. The summed E-state index contributed by atoms with van der Waals surface area (Å²) in [6.07, 6.45) is 1.31. The number of phenolic OH excluding ortho intramolecular Hbond substituents is 1. The van der Waals surface area contributed by atoms with Gasteiger partial charge in [-0.3, -0.25) is 9.89 Å². The summed E-state index contributed by atoms with van der Waals surface area (Å²) < 4.78 is 0. The highest BCUT2D eigenvalue weighted by atomic mass is 16.3. The van der Waals surface area contributed by atoms with Crippen LogP contribution in [0.1, 0.15) is 16.2 Å². The van der Waals surface area contributed by atoms with E-state index in [4.69, 9.17) is 5.73 Å². The predicted octanol–water partition coefficient (Wildman–Crippen LogP) is -0.144. The Labute approximate surface area is 102 Å². The molecule has 0 aliphatic rings. The number of hydrogen-bond acceptors (Lipinski definition) is 6. The van der Waals surface area contributed by atoms with Crippen molar-refractivity contribution in [1.29, 1.82) is 0 Å². The average molecular weight is 246 g/mol. The number of carbonyl (C=O) groups is 1. The summed E-state index contributed by atoms with van der Waals surface area (Å²) >= 11 is 0. The average Bonchev–Trinajstić information content (AvgIpc) is 2.78. The van der Waals surface area contributed by atoms with Crippen molar-refractivity contribution in [3.8, 4) is 5.75 Å². The molecule has 8 heteroatoms. The molecule has 0 saturated carbocycles. The fraction of sp³-hybridized carbons (Fsp3) is 0. The van der Waals surface area contributed by atoms with E-state index in [9.17, 15) is 9.90 Å². The molecule has 0 atom stereocenters. The molecule has 0 aliphatic heterocycles. The van der Waals surface area contributed by atoms with E-state index in [0.29, 0.717) is 5.56 Å². The Kier molecular flexibility index (Phi) is 3.19.